The van der Waals surface area contributed by atoms with Gasteiger partial charge in [0.1, 0.15) is 5.69 Å². The van der Waals surface area contributed by atoms with E-state index in [2.05, 4.69) is 25.5 Å². The Bertz CT molecular complexity index is 551. The molecule has 0 atom stereocenters. The smallest absolute Gasteiger partial charge is 0.354 e. The van der Waals surface area contributed by atoms with E-state index in [1.165, 1.54) is 6.92 Å². The van der Waals surface area contributed by atoms with Gasteiger partial charge in [0.15, 0.2) is 0 Å². The molecule has 108 valence electrons. The van der Waals surface area contributed by atoms with E-state index in [4.69, 9.17) is 0 Å². The van der Waals surface area contributed by atoms with Crippen LogP contribution in [0, 0.1) is 6.92 Å². The standard InChI is InChI=1S/C12H14F3N5/c1-8-5-10(12(13,14)15)20-11(19-8)16-4-2-3-9-6-17-18-7-9/h5-7H,2-4H2,1H3,(H,17,18)(H,16,19,20). The highest BCUT2D eigenvalue weighted by Gasteiger charge is 2.33. The first-order valence-corrected chi connectivity index (χ1v) is 6.09. The first-order valence-electron chi connectivity index (χ1n) is 6.09. The van der Waals surface area contributed by atoms with Gasteiger partial charge in [-0.15, -0.1) is 0 Å². The number of halogens is 3. The number of alkyl halides is 3. The summed E-state index contributed by atoms with van der Waals surface area (Å²) < 4.78 is 37.8. The predicted octanol–water partition coefficient (Wildman–Crippen LogP) is 2.57. The molecule has 0 fully saturated rings. The first-order chi connectivity index (χ1) is 9.45. The van der Waals surface area contributed by atoms with Crippen LogP contribution in [0.5, 0.6) is 0 Å². The van der Waals surface area contributed by atoms with Gasteiger partial charge in [0, 0.05) is 18.4 Å². The van der Waals surface area contributed by atoms with E-state index in [0.29, 0.717) is 6.54 Å². The topological polar surface area (TPSA) is 66.5 Å². The third kappa shape index (κ3) is 3.94. The van der Waals surface area contributed by atoms with Gasteiger partial charge >= 0.3 is 6.18 Å². The molecule has 0 unspecified atom stereocenters. The zero-order chi connectivity index (χ0) is 14.6. The van der Waals surface area contributed by atoms with Crippen molar-refractivity contribution >= 4 is 5.95 Å². The van der Waals surface area contributed by atoms with Gasteiger partial charge in [0.25, 0.3) is 0 Å². The molecule has 0 radical (unpaired) electrons. The van der Waals surface area contributed by atoms with E-state index >= 15 is 0 Å². The summed E-state index contributed by atoms with van der Waals surface area (Å²) in [7, 11) is 0. The molecule has 0 saturated carbocycles. The zero-order valence-electron chi connectivity index (χ0n) is 10.8. The van der Waals surface area contributed by atoms with E-state index in [-0.39, 0.29) is 11.6 Å². The summed E-state index contributed by atoms with van der Waals surface area (Å²) in [4.78, 5) is 7.41. The second-order valence-electron chi connectivity index (χ2n) is 4.35. The lowest BCUT2D eigenvalue weighted by Crippen LogP contribution is -2.13. The van der Waals surface area contributed by atoms with Crippen LogP contribution in [0.1, 0.15) is 23.4 Å². The first kappa shape index (κ1) is 14.3. The number of aromatic nitrogens is 4. The largest absolute Gasteiger partial charge is 0.433 e. The number of anilines is 1. The Labute approximate surface area is 113 Å². The monoisotopic (exact) mass is 285 g/mol. The third-order valence-electron chi connectivity index (χ3n) is 2.62. The lowest BCUT2D eigenvalue weighted by atomic mass is 10.2. The molecule has 0 spiro atoms. The zero-order valence-corrected chi connectivity index (χ0v) is 10.8. The van der Waals surface area contributed by atoms with Gasteiger partial charge < -0.3 is 5.32 Å². The van der Waals surface area contributed by atoms with Crippen molar-refractivity contribution in [3.63, 3.8) is 0 Å². The Morgan fingerprint density at radius 2 is 2.10 bits per heavy atom. The summed E-state index contributed by atoms with van der Waals surface area (Å²) in [5.41, 5.74) is 0.403. The van der Waals surface area contributed by atoms with Crippen molar-refractivity contribution in [2.75, 3.05) is 11.9 Å². The fourth-order valence-electron chi connectivity index (χ4n) is 1.70. The quantitative estimate of drug-likeness (QED) is 0.829. The molecule has 0 aliphatic heterocycles. The molecule has 0 aliphatic rings. The van der Waals surface area contributed by atoms with Gasteiger partial charge in [0.05, 0.1) is 6.20 Å². The van der Waals surface area contributed by atoms with Crippen molar-refractivity contribution in [2.24, 2.45) is 0 Å². The van der Waals surface area contributed by atoms with E-state index in [1.54, 1.807) is 12.4 Å². The minimum absolute atomic E-state index is 0.00418. The second-order valence-corrected chi connectivity index (χ2v) is 4.35. The van der Waals surface area contributed by atoms with Crippen LogP contribution in [0.4, 0.5) is 19.1 Å². The van der Waals surface area contributed by atoms with Gasteiger partial charge in [-0.2, -0.15) is 18.3 Å². The normalized spacial score (nSPS) is 11.6. The predicted molar refractivity (Wildman–Crippen MR) is 67.2 cm³/mol. The maximum absolute atomic E-state index is 12.6. The number of hydrogen-bond donors (Lipinski definition) is 2. The van der Waals surface area contributed by atoms with Crippen molar-refractivity contribution in [1.82, 2.24) is 20.2 Å². The Morgan fingerprint density at radius 1 is 1.30 bits per heavy atom. The highest BCUT2D eigenvalue weighted by Crippen LogP contribution is 2.28. The van der Waals surface area contributed by atoms with Crippen LogP contribution >= 0.6 is 0 Å². The molecular weight excluding hydrogens is 271 g/mol. The average molecular weight is 285 g/mol. The maximum Gasteiger partial charge on any atom is 0.433 e. The fourth-order valence-corrected chi connectivity index (χ4v) is 1.70. The molecule has 5 nitrogen and oxygen atoms in total. The number of hydrogen-bond acceptors (Lipinski definition) is 4. The molecule has 8 heteroatoms. The molecule has 2 aromatic heterocycles. The van der Waals surface area contributed by atoms with Crippen molar-refractivity contribution < 1.29 is 13.2 Å². The van der Waals surface area contributed by atoms with Crippen LogP contribution in [0.15, 0.2) is 18.5 Å². The van der Waals surface area contributed by atoms with E-state index in [0.717, 1.165) is 24.5 Å². The number of aryl methyl sites for hydroxylation is 2. The van der Waals surface area contributed by atoms with Crippen molar-refractivity contribution in [3.05, 3.63) is 35.4 Å². The number of rotatable bonds is 5. The maximum atomic E-state index is 12.6. The Hall–Kier alpha value is -2.12. The highest BCUT2D eigenvalue weighted by molar-refractivity contribution is 5.29. The summed E-state index contributed by atoms with van der Waals surface area (Å²) >= 11 is 0. The van der Waals surface area contributed by atoms with Gasteiger partial charge in [-0.3, -0.25) is 5.10 Å². The van der Waals surface area contributed by atoms with Crippen LogP contribution in [-0.2, 0) is 12.6 Å². The molecule has 2 N–H and O–H groups in total. The lowest BCUT2D eigenvalue weighted by molar-refractivity contribution is -0.141. The molecule has 2 rings (SSSR count). The molecule has 20 heavy (non-hydrogen) atoms. The van der Waals surface area contributed by atoms with Crippen LogP contribution in [-0.4, -0.2) is 26.7 Å². The molecule has 0 saturated heterocycles. The number of nitrogens with one attached hydrogen (secondary N) is 2. The summed E-state index contributed by atoms with van der Waals surface area (Å²) in [5.74, 6) is 0.00418. The van der Waals surface area contributed by atoms with Gasteiger partial charge in [-0.1, -0.05) is 0 Å². The van der Waals surface area contributed by atoms with Crippen LogP contribution < -0.4 is 5.32 Å². The summed E-state index contributed by atoms with van der Waals surface area (Å²) in [5, 5.41) is 9.32. The highest BCUT2D eigenvalue weighted by atomic mass is 19.4. The van der Waals surface area contributed by atoms with Gasteiger partial charge in [0.2, 0.25) is 5.95 Å². The average Bonchev–Trinajstić information content (AvgIpc) is 2.86. The minimum Gasteiger partial charge on any atom is -0.354 e. The van der Waals surface area contributed by atoms with E-state index in [1.807, 2.05) is 0 Å². The Balaban J connectivity index is 1.91. The van der Waals surface area contributed by atoms with Crippen LogP contribution in [0.2, 0.25) is 0 Å². The molecular formula is C12H14F3N5. The van der Waals surface area contributed by atoms with Crippen LogP contribution in [0.25, 0.3) is 0 Å². The van der Waals surface area contributed by atoms with Crippen molar-refractivity contribution in [3.8, 4) is 0 Å². The molecule has 0 aromatic carbocycles. The van der Waals surface area contributed by atoms with E-state index < -0.39 is 11.9 Å². The Morgan fingerprint density at radius 3 is 2.75 bits per heavy atom. The summed E-state index contributed by atoms with van der Waals surface area (Å²) in [6.45, 7) is 2.00. The molecule has 2 heterocycles. The van der Waals surface area contributed by atoms with E-state index in [9.17, 15) is 13.2 Å². The minimum atomic E-state index is -4.46. The lowest BCUT2D eigenvalue weighted by Gasteiger charge is -2.10. The van der Waals surface area contributed by atoms with Crippen molar-refractivity contribution in [1.29, 1.82) is 0 Å². The number of nitrogens with zero attached hydrogens (tertiary/aromatic N) is 3. The summed E-state index contributed by atoms with van der Waals surface area (Å²) in [6, 6.07) is 0.927. The molecule has 0 amide bonds. The summed E-state index contributed by atoms with van der Waals surface area (Å²) in [6.07, 6.45) is 0.566. The van der Waals surface area contributed by atoms with Gasteiger partial charge in [-0.25, -0.2) is 9.97 Å². The SMILES string of the molecule is Cc1cc(C(F)(F)F)nc(NCCCc2cn[nH]c2)n1. The van der Waals surface area contributed by atoms with Crippen LogP contribution in [0.3, 0.4) is 0 Å². The Kier molecular flexibility index (Phi) is 4.21. The molecule has 0 bridgehead atoms. The molecule has 0 aliphatic carbocycles. The molecule has 2 aromatic rings. The van der Waals surface area contributed by atoms with Crippen molar-refractivity contribution in [2.45, 2.75) is 25.9 Å². The number of H-pyrrole nitrogens is 1. The fraction of sp³-hybridized carbons (Fsp3) is 0.417. The third-order valence-corrected chi connectivity index (χ3v) is 2.62. The van der Waals surface area contributed by atoms with Gasteiger partial charge in [-0.05, 0) is 31.4 Å². The second kappa shape index (κ2) is 5.89. The number of aromatic amines is 1.